The summed E-state index contributed by atoms with van der Waals surface area (Å²) in [6.07, 6.45) is 1.95. The number of hydrogen-bond acceptors (Lipinski definition) is 3. The van der Waals surface area contributed by atoms with E-state index in [1.807, 2.05) is 54.1 Å². The van der Waals surface area contributed by atoms with Crippen molar-refractivity contribution in [3.05, 3.63) is 59.9 Å². The number of aromatic nitrogens is 2. The number of aryl methyl sites for hydroxylation is 1. The topological polar surface area (TPSA) is 44.1 Å². The minimum atomic E-state index is -0.427. The van der Waals surface area contributed by atoms with Crippen LogP contribution in [0.15, 0.2) is 48.7 Å². The molecule has 2 heterocycles. The normalized spacial score (nSPS) is 10.7. The van der Waals surface area contributed by atoms with Crippen molar-refractivity contribution in [3.8, 4) is 5.69 Å². The smallest absolute Gasteiger partial charge is 0.356 e. The van der Waals surface area contributed by atoms with Gasteiger partial charge in [-0.2, -0.15) is 0 Å². The Kier molecular flexibility index (Phi) is 2.99. The van der Waals surface area contributed by atoms with Gasteiger partial charge in [-0.3, -0.25) is 0 Å². The van der Waals surface area contributed by atoms with E-state index in [2.05, 4.69) is 4.98 Å². The van der Waals surface area contributed by atoms with Crippen LogP contribution in [0.1, 0.15) is 16.1 Å². The van der Waals surface area contributed by atoms with Crippen molar-refractivity contribution in [2.24, 2.45) is 0 Å². The molecule has 0 fully saturated rings. The maximum Gasteiger partial charge on any atom is 0.356 e. The molecule has 2 aromatic heterocycles. The van der Waals surface area contributed by atoms with Crippen LogP contribution >= 0.6 is 0 Å². The van der Waals surface area contributed by atoms with Gasteiger partial charge in [0, 0.05) is 17.3 Å². The third-order valence-corrected chi connectivity index (χ3v) is 3.24. The molecule has 3 rings (SSSR count). The number of carbonyl (C=O) groups excluding carboxylic acids is 1. The van der Waals surface area contributed by atoms with Gasteiger partial charge in [0.05, 0.1) is 7.11 Å². The molecule has 100 valence electrons. The molecule has 3 aromatic rings. The zero-order valence-corrected chi connectivity index (χ0v) is 11.3. The van der Waals surface area contributed by atoms with E-state index in [1.165, 1.54) is 12.7 Å². The van der Waals surface area contributed by atoms with Gasteiger partial charge < -0.3 is 9.30 Å². The fourth-order valence-corrected chi connectivity index (χ4v) is 2.14. The quantitative estimate of drug-likeness (QED) is 0.669. The van der Waals surface area contributed by atoms with Crippen LogP contribution in [0.25, 0.3) is 16.7 Å². The highest BCUT2D eigenvalue weighted by Crippen LogP contribution is 2.19. The molecule has 0 atom stereocenters. The number of pyridine rings is 1. The number of carbonyl (C=O) groups is 1. The molecule has 4 heteroatoms. The zero-order valence-electron chi connectivity index (χ0n) is 11.3. The van der Waals surface area contributed by atoms with E-state index in [-0.39, 0.29) is 0 Å². The summed E-state index contributed by atoms with van der Waals surface area (Å²) in [6, 6.07) is 13.7. The Balaban J connectivity index is 2.16. The predicted molar refractivity (Wildman–Crippen MR) is 77.1 cm³/mol. The van der Waals surface area contributed by atoms with E-state index in [0.29, 0.717) is 5.69 Å². The molecule has 0 spiro atoms. The number of benzene rings is 1. The Bertz CT molecular complexity index is 773. The highest BCUT2D eigenvalue weighted by Gasteiger charge is 2.11. The average molecular weight is 266 g/mol. The lowest BCUT2D eigenvalue weighted by molar-refractivity contribution is 0.0594. The van der Waals surface area contributed by atoms with Crippen LogP contribution in [-0.4, -0.2) is 22.6 Å². The minimum Gasteiger partial charge on any atom is -0.464 e. The number of ether oxygens (including phenoxy) is 1. The summed E-state index contributed by atoms with van der Waals surface area (Å²) in [4.78, 5) is 16.0. The van der Waals surface area contributed by atoms with Gasteiger partial charge in [0.2, 0.25) is 0 Å². The van der Waals surface area contributed by atoms with E-state index >= 15 is 0 Å². The first kappa shape index (κ1) is 12.4. The number of methoxy groups -OCH3 is 1. The Hall–Kier alpha value is -2.62. The molecule has 0 saturated carbocycles. The van der Waals surface area contributed by atoms with Crippen LogP contribution in [0.3, 0.4) is 0 Å². The van der Waals surface area contributed by atoms with E-state index in [4.69, 9.17) is 4.74 Å². The molecule has 0 amide bonds. The van der Waals surface area contributed by atoms with Crippen molar-refractivity contribution in [2.75, 3.05) is 7.11 Å². The SMILES string of the molecule is COC(=O)c1ccc2ccn(-c3ccc(C)cc3)c2n1. The number of fused-ring (bicyclic) bond motifs is 1. The fraction of sp³-hybridized carbons (Fsp3) is 0.125. The van der Waals surface area contributed by atoms with Crippen LogP contribution < -0.4 is 0 Å². The van der Waals surface area contributed by atoms with Crippen molar-refractivity contribution in [1.29, 1.82) is 0 Å². The largest absolute Gasteiger partial charge is 0.464 e. The molecule has 0 unspecified atom stereocenters. The first-order valence-corrected chi connectivity index (χ1v) is 6.32. The Labute approximate surface area is 116 Å². The second-order valence-electron chi connectivity index (χ2n) is 4.62. The van der Waals surface area contributed by atoms with Crippen molar-refractivity contribution in [1.82, 2.24) is 9.55 Å². The monoisotopic (exact) mass is 266 g/mol. The van der Waals surface area contributed by atoms with Crippen molar-refractivity contribution >= 4 is 17.0 Å². The summed E-state index contributed by atoms with van der Waals surface area (Å²) in [5, 5.41) is 0.984. The molecule has 0 radical (unpaired) electrons. The lowest BCUT2D eigenvalue weighted by Gasteiger charge is -2.06. The summed E-state index contributed by atoms with van der Waals surface area (Å²) in [7, 11) is 1.35. The van der Waals surface area contributed by atoms with Gasteiger partial charge in [-0.15, -0.1) is 0 Å². The molecule has 0 N–H and O–H groups in total. The minimum absolute atomic E-state index is 0.312. The standard InChI is InChI=1S/C16H14N2O2/c1-11-3-6-13(7-4-11)18-10-9-12-5-8-14(16(19)20-2)17-15(12)18/h3-10H,1-2H3. The number of rotatable bonds is 2. The first-order valence-electron chi connectivity index (χ1n) is 6.32. The molecule has 0 aliphatic heterocycles. The Morgan fingerprint density at radius 2 is 1.85 bits per heavy atom. The zero-order chi connectivity index (χ0) is 14.1. The van der Waals surface area contributed by atoms with E-state index in [0.717, 1.165) is 16.7 Å². The van der Waals surface area contributed by atoms with Gasteiger partial charge in [-0.25, -0.2) is 9.78 Å². The van der Waals surface area contributed by atoms with E-state index < -0.39 is 5.97 Å². The lowest BCUT2D eigenvalue weighted by atomic mass is 10.2. The maximum atomic E-state index is 11.6. The molecule has 0 saturated heterocycles. The highest BCUT2D eigenvalue weighted by atomic mass is 16.5. The van der Waals surface area contributed by atoms with Gasteiger partial charge in [-0.1, -0.05) is 17.7 Å². The fourth-order valence-electron chi connectivity index (χ4n) is 2.14. The lowest BCUT2D eigenvalue weighted by Crippen LogP contribution is -2.05. The summed E-state index contributed by atoms with van der Waals surface area (Å²) in [5.74, 6) is -0.427. The van der Waals surface area contributed by atoms with Crippen LogP contribution in [0.2, 0.25) is 0 Å². The summed E-state index contributed by atoms with van der Waals surface area (Å²) >= 11 is 0. The molecule has 0 aliphatic carbocycles. The number of nitrogens with zero attached hydrogens (tertiary/aromatic N) is 2. The van der Waals surface area contributed by atoms with Crippen molar-refractivity contribution < 1.29 is 9.53 Å². The molecule has 1 aromatic carbocycles. The summed E-state index contributed by atoms with van der Waals surface area (Å²) in [6.45, 7) is 2.05. The van der Waals surface area contributed by atoms with Crippen LogP contribution in [0.5, 0.6) is 0 Å². The predicted octanol–water partition coefficient (Wildman–Crippen LogP) is 3.12. The van der Waals surface area contributed by atoms with E-state index in [9.17, 15) is 4.79 Å². The van der Waals surface area contributed by atoms with Crippen molar-refractivity contribution in [3.63, 3.8) is 0 Å². The number of esters is 1. The molecular weight excluding hydrogens is 252 g/mol. The van der Waals surface area contributed by atoms with Gasteiger partial charge in [0.25, 0.3) is 0 Å². The van der Waals surface area contributed by atoms with Gasteiger partial charge in [0.1, 0.15) is 5.65 Å². The molecule has 4 nitrogen and oxygen atoms in total. The number of hydrogen-bond donors (Lipinski definition) is 0. The second kappa shape index (κ2) is 4.81. The third kappa shape index (κ3) is 2.05. The van der Waals surface area contributed by atoms with Crippen molar-refractivity contribution in [2.45, 2.75) is 6.92 Å². The molecule has 0 bridgehead atoms. The van der Waals surface area contributed by atoms with Gasteiger partial charge in [0.15, 0.2) is 5.69 Å². The van der Waals surface area contributed by atoms with Crippen LogP contribution in [-0.2, 0) is 4.74 Å². The highest BCUT2D eigenvalue weighted by molar-refractivity contribution is 5.90. The Morgan fingerprint density at radius 3 is 2.55 bits per heavy atom. The average Bonchev–Trinajstić information content (AvgIpc) is 2.90. The maximum absolute atomic E-state index is 11.6. The molecule has 0 aliphatic rings. The first-order chi connectivity index (χ1) is 9.69. The van der Waals surface area contributed by atoms with Gasteiger partial charge >= 0.3 is 5.97 Å². The third-order valence-electron chi connectivity index (χ3n) is 3.24. The molecule has 20 heavy (non-hydrogen) atoms. The summed E-state index contributed by atoms with van der Waals surface area (Å²) in [5.41, 5.74) is 3.28. The van der Waals surface area contributed by atoms with Crippen LogP contribution in [0, 0.1) is 6.92 Å². The van der Waals surface area contributed by atoms with Crippen LogP contribution in [0.4, 0.5) is 0 Å². The van der Waals surface area contributed by atoms with E-state index in [1.54, 1.807) is 6.07 Å². The summed E-state index contributed by atoms with van der Waals surface area (Å²) < 4.78 is 6.67. The Morgan fingerprint density at radius 1 is 1.10 bits per heavy atom. The van der Waals surface area contributed by atoms with Gasteiger partial charge in [-0.05, 0) is 37.3 Å². The second-order valence-corrected chi connectivity index (χ2v) is 4.62. The molecular formula is C16H14N2O2.